The van der Waals surface area contributed by atoms with Crippen molar-refractivity contribution in [1.82, 2.24) is 0 Å². The van der Waals surface area contributed by atoms with Crippen molar-refractivity contribution in [3.63, 3.8) is 0 Å². The van der Waals surface area contributed by atoms with Crippen LogP contribution in [0.5, 0.6) is 0 Å². The van der Waals surface area contributed by atoms with E-state index in [0.717, 1.165) is 16.3 Å². The first kappa shape index (κ1) is 12.8. The Bertz CT molecular complexity index is 929. The number of imide groups is 1. The van der Waals surface area contributed by atoms with Gasteiger partial charge in [-0.25, -0.2) is 4.90 Å². The predicted molar refractivity (Wildman–Crippen MR) is 86.3 cm³/mol. The van der Waals surface area contributed by atoms with Gasteiger partial charge in [0.05, 0.1) is 16.8 Å². The van der Waals surface area contributed by atoms with Crippen LogP contribution in [0.1, 0.15) is 26.3 Å². The Balaban J connectivity index is 2.00. The monoisotopic (exact) mass is 287 g/mol. The quantitative estimate of drug-likeness (QED) is 0.635. The third kappa shape index (κ3) is 1.62. The molecule has 0 aliphatic carbocycles. The molecule has 3 nitrogen and oxygen atoms in total. The number of para-hydroxylation sites is 1. The number of aryl methyl sites for hydroxylation is 1. The zero-order chi connectivity index (χ0) is 15.3. The molecule has 0 atom stereocenters. The van der Waals surface area contributed by atoms with Gasteiger partial charge in [0.15, 0.2) is 0 Å². The maximum atomic E-state index is 12.8. The van der Waals surface area contributed by atoms with Gasteiger partial charge in [0.2, 0.25) is 0 Å². The molecule has 4 rings (SSSR count). The summed E-state index contributed by atoms with van der Waals surface area (Å²) < 4.78 is 0. The molecule has 3 aromatic rings. The summed E-state index contributed by atoms with van der Waals surface area (Å²) in [5.74, 6) is -0.498. The largest absolute Gasteiger partial charge is 0.268 e. The number of fused-ring (bicyclic) bond motifs is 3. The van der Waals surface area contributed by atoms with Crippen molar-refractivity contribution in [2.24, 2.45) is 0 Å². The average Bonchev–Trinajstić information content (AvgIpc) is 2.80. The van der Waals surface area contributed by atoms with Crippen LogP contribution >= 0.6 is 0 Å². The number of benzene rings is 3. The lowest BCUT2D eigenvalue weighted by atomic mass is 9.96. The van der Waals surface area contributed by atoms with E-state index in [1.165, 1.54) is 4.90 Å². The van der Waals surface area contributed by atoms with Crippen molar-refractivity contribution in [3.8, 4) is 0 Å². The SMILES string of the molecule is Cc1cc2c(c3ccccc13)C(=O)N(c1ccccc1)C2=O. The summed E-state index contributed by atoms with van der Waals surface area (Å²) in [5, 5.41) is 1.85. The summed E-state index contributed by atoms with van der Waals surface area (Å²) in [6.07, 6.45) is 0. The fraction of sp³-hybridized carbons (Fsp3) is 0.0526. The maximum Gasteiger partial charge on any atom is 0.266 e. The number of hydrogen-bond donors (Lipinski definition) is 0. The second kappa shape index (κ2) is 4.53. The van der Waals surface area contributed by atoms with Crippen molar-refractivity contribution in [1.29, 1.82) is 0 Å². The average molecular weight is 287 g/mol. The molecule has 22 heavy (non-hydrogen) atoms. The first-order valence-electron chi connectivity index (χ1n) is 7.14. The molecule has 0 aromatic heterocycles. The molecule has 2 amide bonds. The van der Waals surface area contributed by atoms with E-state index in [0.29, 0.717) is 16.8 Å². The summed E-state index contributed by atoms with van der Waals surface area (Å²) in [7, 11) is 0. The molecule has 1 aliphatic heterocycles. The van der Waals surface area contributed by atoms with Gasteiger partial charge in [-0.1, -0.05) is 42.5 Å². The lowest BCUT2D eigenvalue weighted by Gasteiger charge is -2.13. The number of hydrogen-bond acceptors (Lipinski definition) is 2. The van der Waals surface area contributed by atoms with Gasteiger partial charge in [-0.05, 0) is 41.5 Å². The number of anilines is 1. The topological polar surface area (TPSA) is 37.4 Å². The van der Waals surface area contributed by atoms with E-state index in [4.69, 9.17) is 0 Å². The van der Waals surface area contributed by atoms with Gasteiger partial charge in [-0.15, -0.1) is 0 Å². The minimum Gasteiger partial charge on any atom is -0.268 e. The Morgan fingerprint density at radius 3 is 2.14 bits per heavy atom. The van der Waals surface area contributed by atoms with Gasteiger partial charge in [0.25, 0.3) is 11.8 Å². The summed E-state index contributed by atoms with van der Waals surface area (Å²) in [6, 6.07) is 18.6. The van der Waals surface area contributed by atoms with E-state index in [1.54, 1.807) is 12.1 Å². The lowest BCUT2D eigenvalue weighted by Crippen LogP contribution is -2.29. The number of rotatable bonds is 1. The van der Waals surface area contributed by atoms with Crippen LogP contribution in [0.15, 0.2) is 60.7 Å². The molecule has 1 heterocycles. The molecule has 1 aliphatic rings. The third-order valence-corrected chi connectivity index (χ3v) is 4.12. The van der Waals surface area contributed by atoms with Crippen LogP contribution in [-0.4, -0.2) is 11.8 Å². The Morgan fingerprint density at radius 1 is 0.773 bits per heavy atom. The van der Waals surface area contributed by atoms with Crippen molar-refractivity contribution in [3.05, 3.63) is 77.4 Å². The molecule has 0 saturated carbocycles. The van der Waals surface area contributed by atoms with Crippen LogP contribution in [-0.2, 0) is 0 Å². The zero-order valence-corrected chi connectivity index (χ0v) is 12.0. The van der Waals surface area contributed by atoms with Crippen LogP contribution in [0.4, 0.5) is 5.69 Å². The molecular formula is C19H13NO2. The van der Waals surface area contributed by atoms with E-state index in [2.05, 4.69) is 0 Å². The number of carbonyl (C=O) groups is 2. The molecule has 0 unspecified atom stereocenters. The molecule has 3 aromatic carbocycles. The highest BCUT2D eigenvalue weighted by atomic mass is 16.2. The number of nitrogens with zero attached hydrogens (tertiary/aromatic N) is 1. The summed E-state index contributed by atoms with van der Waals surface area (Å²) in [6.45, 7) is 1.96. The molecule has 0 spiro atoms. The van der Waals surface area contributed by atoms with E-state index in [1.807, 2.05) is 55.5 Å². The van der Waals surface area contributed by atoms with E-state index in [9.17, 15) is 9.59 Å². The second-order valence-corrected chi connectivity index (χ2v) is 5.44. The lowest BCUT2D eigenvalue weighted by molar-refractivity contribution is 0.0926. The van der Waals surface area contributed by atoms with Crippen molar-refractivity contribution in [2.45, 2.75) is 6.92 Å². The fourth-order valence-electron chi connectivity index (χ4n) is 3.09. The standard InChI is InChI=1S/C19H13NO2/c1-12-11-16-17(15-10-6-5-9-14(12)15)19(22)20(18(16)21)13-7-3-2-4-8-13/h2-11H,1H3. The molecular weight excluding hydrogens is 274 g/mol. The Labute approximate surface area is 127 Å². The Morgan fingerprint density at radius 2 is 1.41 bits per heavy atom. The zero-order valence-electron chi connectivity index (χ0n) is 12.0. The van der Waals surface area contributed by atoms with Gasteiger partial charge in [0.1, 0.15) is 0 Å². The van der Waals surface area contributed by atoms with Crippen LogP contribution in [0.2, 0.25) is 0 Å². The minimum absolute atomic E-state index is 0.248. The summed E-state index contributed by atoms with van der Waals surface area (Å²) in [5.41, 5.74) is 2.61. The van der Waals surface area contributed by atoms with Gasteiger partial charge in [-0.2, -0.15) is 0 Å². The maximum absolute atomic E-state index is 12.8. The normalized spacial score (nSPS) is 13.8. The number of carbonyl (C=O) groups excluding carboxylic acids is 2. The third-order valence-electron chi connectivity index (χ3n) is 4.12. The van der Waals surface area contributed by atoms with Gasteiger partial charge >= 0.3 is 0 Å². The summed E-state index contributed by atoms with van der Waals surface area (Å²) in [4.78, 5) is 26.8. The second-order valence-electron chi connectivity index (χ2n) is 5.44. The van der Waals surface area contributed by atoms with Crippen molar-refractivity contribution >= 4 is 28.3 Å². The molecule has 0 fully saturated rings. The van der Waals surface area contributed by atoms with Crippen LogP contribution in [0, 0.1) is 6.92 Å². The Hall–Kier alpha value is -2.94. The van der Waals surface area contributed by atoms with Crippen LogP contribution < -0.4 is 4.90 Å². The van der Waals surface area contributed by atoms with Gasteiger partial charge < -0.3 is 0 Å². The van der Waals surface area contributed by atoms with Crippen molar-refractivity contribution in [2.75, 3.05) is 4.90 Å². The highest BCUT2D eigenvalue weighted by Crippen LogP contribution is 2.34. The van der Waals surface area contributed by atoms with Gasteiger partial charge in [0, 0.05) is 0 Å². The van der Waals surface area contributed by atoms with E-state index >= 15 is 0 Å². The van der Waals surface area contributed by atoms with E-state index in [-0.39, 0.29) is 11.8 Å². The van der Waals surface area contributed by atoms with Crippen LogP contribution in [0.25, 0.3) is 10.8 Å². The molecule has 0 N–H and O–H groups in total. The molecule has 0 saturated heterocycles. The molecule has 106 valence electrons. The highest BCUT2D eigenvalue weighted by Gasteiger charge is 2.38. The summed E-state index contributed by atoms with van der Waals surface area (Å²) >= 11 is 0. The van der Waals surface area contributed by atoms with Crippen molar-refractivity contribution < 1.29 is 9.59 Å². The number of amides is 2. The predicted octanol–water partition coefficient (Wildman–Crippen LogP) is 3.95. The van der Waals surface area contributed by atoms with Crippen LogP contribution in [0.3, 0.4) is 0 Å². The van der Waals surface area contributed by atoms with E-state index < -0.39 is 0 Å². The fourth-order valence-corrected chi connectivity index (χ4v) is 3.09. The Kier molecular flexibility index (Phi) is 2.63. The molecule has 0 radical (unpaired) electrons. The molecule has 0 bridgehead atoms. The molecule has 3 heteroatoms. The van der Waals surface area contributed by atoms with Gasteiger partial charge in [-0.3, -0.25) is 9.59 Å². The minimum atomic E-state index is -0.250. The highest BCUT2D eigenvalue weighted by molar-refractivity contribution is 6.37. The smallest absolute Gasteiger partial charge is 0.266 e. The first-order chi connectivity index (χ1) is 10.7. The first-order valence-corrected chi connectivity index (χ1v) is 7.14.